The Morgan fingerprint density at radius 2 is 1.12 bits per heavy atom. The molecule has 0 aliphatic carbocycles. The summed E-state index contributed by atoms with van der Waals surface area (Å²) >= 11 is 0. The van der Waals surface area contributed by atoms with Gasteiger partial charge in [-0.25, -0.2) is 9.78 Å². The summed E-state index contributed by atoms with van der Waals surface area (Å²) in [5.41, 5.74) is 0.140. The average molecular weight is 374 g/mol. The van der Waals surface area contributed by atoms with E-state index in [1.807, 2.05) is 0 Å². The van der Waals surface area contributed by atoms with E-state index in [2.05, 4.69) is 18.4 Å². The highest BCUT2D eigenvalue weighted by Gasteiger charge is 2.17. The van der Waals surface area contributed by atoms with Crippen molar-refractivity contribution in [2.75, 3.05) is 0 Å². The third-order valence-electron chi connectivity index (χ3n) is 2.89. The van der Waals surface area contributed by atoms with E-state index in [1.54, 1.807) is 0 Å². The molecular formula is C14H14O10S. The first-order valence-electron chi connectivity index (χ1n) is 6.67. The number of rotatable bonds is 8. The highest BCUT2D eigenvalue weighted by molar-refractivity contribution is 7.81. The maximum atomic E-state index is 11.4. The Kier molecular flexibility index (Phi) is 6.01. The molecule has 4 N–H and O–H groups in total. The molecule has 10 nitrogen and oxygen atoms in total. The highest BCUT2D eigenvalue weighted by atomic mass is 32.3. The fourth-order valence-corrected chi connectivity index (χ4v) is 2.05. The molecule has 0 heterocycles. The summed E-state index contributed by atoms with van der Waals surface area (Å²) in [6.45, 7) is -1.01. The smallest absolute Gasteiger partial charge is 0.453 e. The second kappa shape index (κ2) is 8.00. The van der Waals surface area contributed by atoms with Crippen LogP contribution in [0, 0.1) is 0 Å². The lowest BCUT2D eigenvalue weighted by atomic mass is 10.2. The molecule has 0 aliphatic rings. The maximum absolute atomic E-state index is 11.4. The summed E-state index contributed by atoms with van der Waals surface area (Å²) < 4.78 is 30.9. The van der Waals surface area contributed by atoms with E-state index in [0.29, 0.717) is 0 Å². The number of phenolic OH excluding ortho intramolecular Hbond substituents is 4. The minimum atomic E-state index is -4.70. The van der Waals surface area contributed by atoms with E-state index >= 15 is 0 Å². The van der Waals surface area contributed by atoms with Crippen molar-refractivity contribution in [2.24, 2.45) is 0 Å². The van der Waals surface area contributed by atoms with Gasteiger partial charge in [-0.3, -0.25) is 0 Å². The largest absolute Gasteiger partial charge is 0.504 e. The topological polar surface area (TPSA) is 152 Å². The fraction of sp³-hybridized carbons (Fsp3) is 0.143. The van der Waals surface area contributed by atoms with Crippen LogP contribution in [0.3, 0.4) is 0 Å². The van der Waals surface area contributed by atoms with Crippen molar-refractivity contribution in [1.29, 1.82) is 0 Å². The first-order chi connectivity index (χ1) is 11.8. The van der Waals surface area contributed by atoms with Crippen molar-refractivity contribution in [2.45, 2.75) is 13.2 Å². The first-order valence-corrected chi connectivity index (χ1v) is 8.00. The van der Waals surface area contributed by atoms with E-state index in [4.69, 9.17) is 0 Å². The van der Waals surface area contributed by atoms with Crippen LogP contribution < -0.4 is 0 Å². The molecule has 11 heteroatoms. The number of aromatic hydroxyl groups is 4. The molecule has 25 heavy (non-hydrogen) atoms. The lowest BCUT2D eigenvalue weighted by Crippen LogP contribution is -2.11. The Morgan fingerprint density at radius 3 is 1.52 bits per heavy atom. The van der Waals surface area contributed by atoms with Crippen LogP contribution in [0.15, 0.2) is 36.4 Å². The number of benzene rings is 2. The summed E-state index contributed by atoms with van der Waals surface area (Å²) in [4.78, 5) is 8.82. The highest BCUT2D eigenvalue weighted by Crippen LogP contribution is 2.29. The predicted molar refractivity (Wildman–Crippen MR) is 80.2 cm³/mol. The summed E-state index contributed by atoms with van der Waals surface area (Å²) in [7, 11) is -4.70. The zero-order chi connectivity index (χ0) is 18.4. The second-order valence-corrected chi connectivity index (χ2v) is 5.73. The van der Waals surface area contributed by atoms with Crippen LogP contribution in [-0.4, -0.2) is 28.8 Å². The minimum Gasteiger partial charge on any atom is -0.504 e. The lowest BCUT2D eigenvalue weighted by Gasteiger charge is -2.08. The van der Waals surface area contributed by atoms with Crippen LogP contribution in [0.25, 0.3) is 0 Å². The number of hydrogen-bond acceptors (Lipinski definition) is 10. The molecule has 0 saturated heterocycles. The van der Waals surface area contributed by atoms with Crippen molar-refractivity contribution < 1.29 is 47.3 Å². The van der Waals surface area contributed by atoms with Gasteiger partial charge in [0.05, 0.1) is 0 Å². The van der Waals surface area contributed by atoms with Gasteiger partial charge in [0.15, 0.2) is 23.0 Å². The average Bonchev–Trinajstić information content (AvgIpc) is 2.55. The van der Waals surface area contributed by atoms with Crippen LogP contribution in [0.5, 0.6) is 23.0 Å². The monoisotopic (exact) mass is 374 g/mol. The van der Waals surface area contributed by atoms with Crippen LogP contribution in [0.2, 0.25) is 0 Å². The van der Waals surface area contributed by atoms with Gasteiger partial charge in [-0.2, -0.15) is 8.42 Å². The molecule has 2 aromatic rings. The van der Waals surface area contributed by atoms with Crippen LogP contribution in [0.1, 0.15) is 11.1 Å². The minimum absolute atomic E-state index is 0.0702. The van der Waals surface area contributed by atoms with Crippen molar-refractivity contribution in [3.8, 4) is 23.0 Å². The number of phenols is 4. The van der Waals surface area contributed by atoms with E-state index < -0.39 is 46.6 Å². The van der Waals surface area contributed by atoms with E-state index in [-0.39, 0.29) is 11.1 Å². The normalized spacial score (nSPS) is 11.5. The Morgan fingerprint density at radius 1 is 0.720 bits per heavy atom. The first kappa shape index (κ1) is 18.8. The summed E-state index contributed by atoms with van der Waals surface area (Å²) in [6, 6.07) is 8.00. The van der Waals surface area contributed by atoms with Gasteiger partial charge >= 0.3 is 10.4 Å². The third-order valence-corrected chi connectivity index (χ3v) is 3.41. The molecule has 0 fully saturated rings. The summed E-state index contributed by atoms with van der Waals surface area (Å²) in [5, 5.41) is 37.6. The van der Waals surface area contributed by atoms with Gasteiger partial charge in [0.1, 0.15) is 13.2 Å². The third kappa shape index (κ3) is 5.20. The van der Waals surface area contributed by atoms with Crippen molar-refractivity contribution in [1.82, 2.24) is 0 Å². The van der Waals surface area contributed by atoms with Gasteiger partial charge in [0.2, 0.25) is 0 Å². The van der Waals surface area contributed by atoms with E-state index in [9.17, 15) is 28.8 Å². The standard InChI is InChI=1S/C14H14O10S/c15-11-5-1-3-9(13(11)17)7-21-23-25(19,20)24-22-8-10-4-2-6-12(16)14(10)18/h1-6,15-18H,7-8H2. The van der Waals surface area contributed by atoms with Gasteiger partial charge < -0.3 is 20.4 Å². The molecule has 0 bridgehead atoms. The molecule has 2 aromatic carbocycles. The van der Waals surface area contributed by atoms with E-state index in [1.165, 1.54) is 36.4 Å². The Hall–Kier alpha value is -2.57. The molecular weight excluding hydrogens is 360 g/mol. The SMILES string of the molecule is O=S(=O)(OOCc1cccc(O)c1O)OOCc1cccc(O)c1O. The van der Waals surface area contributed by atoms with Crippen molar-refractivity contribution >= 4 is 10.4 Å². The molecule has 0 saturated carbocycles. The maximum Gasteiger partial charge on any atom is 0.453 e. The Labute approximate surface area is 142 Å². The Balaban J connectivity index is 1.82. The van der Waals surface area contributed by atoms with Crippen molar-refractivity contribution in [3.63, 3.8) is 0 Å². The molecule has 0 amide bonds. The Bertz CT molecular complexity index is 770. The molecule has 0 radical (unpaired) electrons. The number of hydrogen-bond donors (Lipinski definition) is 4. The van der Waals surface area contributed by atoms with Crippen LogP contribution in [-0.2, 0) is 42.1 Å². The molecule has 0 spiro atoms. The van der Waals surface area contributed by atoms with Gasteiger partial charge in [0, 0.05) is 11.1 Å². The summed E-state index contributed by atoms with van der Waals surface area (Å²) in [6.07, 6.45) is 0. The zero-order valence-corrected chi connectivity index (χ0v) is 13.3. The number of para-hydroxylation sites is 2. The lowest BCUT2D eigenvalue weighted by molar-refractivity contribution is -0.269. The molecule has 0 aromatic heterocycles. The molecule has 2 rings (SSSR count). The quantitative estimate of drug-likeness (QED) is 0.302. The van der Waals surface area contributed by atoms with Crippen LogP contribution in [0.4, 0.5) is 0 Å². The predicted octanol–water partition coefficient (Wildman–Crippen LogP) is 1.35. The molecule has 0 aliphatic heterocycles. The zero-order valence-electron chi connectivity index (χ0n) is 12.5. The van der Waals surface area contributed by atoms with E-state index in [0.717, 1.165) is 0 Å². The van der Waals surface area contributed by atoms with Crippen molar-refractivity contribution in [3.05, 3.63) is 47.5 Å². The fourth-order valence-electron chi connectivity index (χ4n) is 1.69. The summed E-state index contributed by atoms with van der Waals surface area (Å²) in [5.74, 6) is -1.79. The van der Waals surface area contributed by atoms with Gasteiger partial charge in [-0.05, 0) is 12.1 Å². The van der Waals surface area contributed by atoms with Gasteiger partial charge in [-0.1, -0.05) is 32.9 Å². The molecule has 0 atom stereocenters. The van der Waals surface area contributed by atoms with Gasteiger partial charge in [-0.15, -0.1) is 0 Å². The van der Waals surface area contributed by atoms with Crippen LogP contribution >= 0.6 is 0 Å². The van der Waals surface area contributed by atoms with Gasteiger partial charge in [0.25, 0.3) is 0 Å². The molecule has 136 valence electrons. The molecule has 0 unspecified atom stereocenters. The second-order valence-electron chi connectivity index (χ2n) is 4.64.